The SMILES string of the molecule is COCCNc1cc(-c2c(F)cccc2Cl)cc(-c2cc(Br)ccc2O)n1. The molecule has 0 saturated heterocycles. The largest absolute Gasteiger partial charge is 0.507 e. The zero-order valence-corrected chi connectivity index (χ0v) is 16.8. The first-order valence-corrected chi connectivity index (χ1v) is 9.35. The highest BCUT2D eigenvalue weighted by Crippen LogP contribution is 2.37. The van der Waals surface area contributed by atoms with Crippen molar-refractivity contribution in [3.63, 3.8) is 0 Å². The van der Waals surface area contributed by atoms with Crippen LogP contribution in [0.4, 0.5) is 10.2 Å². The van der Waals surface area contributed by atoms with E-state index in [-0.39, 0.29) is 11.3 Å². The van der Waals surface area contributed by atoms with Gasteiger partial charge in [-0.25, -0.2) is 9.37 Å². The van der Waals surface area contributed by atoms with Crippen molar-refractivity contribution >= 4 is 33.3 Å². The van der Waals surface area contributed by atoms with Gasteiger partial charge in [0.05, 0.1) is 17.3 Å². The van der Waals surface area contributed by atoms with Crippen LogP contribution < -0.4 is 5.32 Å². The molecule has 4 nitrogen and oxygen atoms in total. The van der Waals surface area contributed by atoms with Gasteiger partial charge in [-0.3, -0.25) is 0 Å². The highest BCUT2D eigenvalue weighted by atomic mass is 79.9. The molecule has 1 heterocycles. The monoisotopic (exact) mass is 450 g/mol. The van der Waals surface area contributed by atoms with Crippen LogP contribution in [0.1, 0.15) is 0 Å². The van der Waals surface area contributed by atoms with E-state index >= 15 is 0 Å². The van der Waals surface area contributed by atoms with Crippen LogP contribution in [0, 0.1) is 5.82 Å². The lowest BCUT2D eigenvalue weighted by molar-refractivity contribution is 0.210. The Kier molecular flexibility index (Phi) is 6.31. The maximum Gasteiger partial charge on any atom is 0.132 e. The second kappa shape index (κ2) is 8.69. The van der Waals surface area contributed by atoms with Gasteiger partial charge in [0.1, 0.15) is 17.4 Å². The number of methoxy groups -OCH3 is 1. The standard InChI is InChI=1S/C20H17BrClFN2O2/c1-27-8-7-24-19-10-12(20-15(22)3-2-4-16(20)23)9-17(25-19)14-11-13(21)5-6-18(14)26/h2-6,9-11,26H,7-8H2,1H3,(H,24,25). The number of phenols is 1. The van der Waals surface area contributed by atoms with E-state index in [1.807, 2.05) is 0 Å². The molecule has 0 fully saturated rings. The minimum absolute atomic E-state index is 0.0744. The second-order valence-corrected chi connectivity index (χ2v) is 7.13. The molecule has 2 N–H and O–H groups in total. The summed E-state index contributed by atoms with van der Waals surface area (Å²) >= 11 is 9.64. The molecule has 2 aromatic carbocycles. The van der Waals surface area contributed by atoms with Crippen LogP contribution >= 0.6 is 27.5 Å². The number of rotatable bonds is 6. The van der Waals surface area contributed by atoms with Gasteiger partial charge < -0.3 is 15.2 Å². The van der Waals surface area contributed by atoms with Crippen molar-refractivity contribution in [2.24, 2.45) is 0 Å². The smallest absolute Gasteiger partial charge is 0.132 e. The molecule has 0 aliphatic heterocycles. The lowest BCUT2D eigenvalue weighted by Crippen LogP contribution is -2.09. The molecule has 0 amide bonds. The average molecular weight is 452 g/mol. The first-order chi connectivity index (χ1) is 13.0. The highest BCUT2D eigenvalue weighted by molar-refractivity contribution is 9.10. The molecule has 3 rings (SSSR count). The quantitative estimate of drug-likeness (QED) is 0.470. The Labute approximate surface area is 170 Å². The predicted molar refractivity (Wildman–Crippen MR) is 110 cm³/mol. The number of phenolic OH excluding ortho intramolecular Hbond substituents is 1. The van der Waals surface area contributed by atoms with Gasteiger partial charge in [0.15, 0.2) is 0 Å². The summed E-state index contributed by atoms with van der Waals surface area (Å²) in [6.45, 7) is 1.02. The number of anilines is 1. The number of nitrogens with zero attached hydrogens (tertiary/aromatic N) is 1. The topological polar surface area (TPSA) is 54.4 Å². The predicted octanol–water partition coefficient (Wildman–Crippen LogP) is 5.73. The van der Waals surface area contributed by atoms with E-state index in [0.717, 1.165) is 4.47 Å². The van der Waals surface area contributed by atoms with Gasteiger partial charge in [0, 0.05) is 29.3 Å². The number of ether oxygens (including phenoxy) is 1. The second-order valence-electron chi connectivity index (χ2n) is 5.80. The molecule has 0 radical (unpaired) electrons. The van der Waals surface area contributed by atoms with Gasteiger partial charge in [-0.2, -0.15) is 0 Å². The van der Waals surface area contributed by atoms with Crippen LogP contribution in [0.2, 0.25) is 5.02 Å². The molecular weight excluding hydrogens is 435 g/mol. The van der Waals surface area contributed by atoms with Gasteiger partial charge in [0.25, 0.3) is 0 Å². The van der Waals surface area contributed by atoms with E-state index in [1.165, 1.54) is 6.07 Å². The number of aromatic hydroxyl groups is 1. The summed E-state index contributed by atoms with van der Waals surface area (Å²) in [4.78, 5) is 4.55. The Morgan fingerprint density at radius 2 is 2.04 bits per heavy atom. The van der Waals surface area contributed by atoms with Crippen molar-refractivity contribution in [3.8, 4) is 28.1 Å². The number of hydrogen-bond donors (Lipinski definition) is 2. The Morgan fingerprint density at radius 3 is 2.78 bits per heavy atom. The summed E-state index contributed by atoms with van der Waals surface area (Å²) in [6, 6.07) is 13.0. The zero-order valence-electron chi connectivity index (χ0n) is 14.5. The summed E-state index contributed by atoms with van der Waals surface area (Å²) in [5.41, 5.74) is 1.86. The minimum Gasteiger partial charge on any atom is -0.507 e. The van der Waals surface area contributed by atoms with Crippen molar-refractivity contribution in [3.05, 3.63) is 63.8 Å². The number of nitrogens with one attached hydrogen (secondary N) is 1. The number of hydrogen-bond acceptors (Lipinski definition) is 4. The summed E-state index contributed by atoms with van der Waals surface area (Å²) in [5, 5.41) is 13.7. The summed E-state index contributed by atoms with van der Waals surface area (Å²) < 4.78 is 20.3. The fourth-order valence-corrected chi connectivity index (χ4v) is 3.30. The molecule has 0 saturated carbocycles. The molecule has 3 aromatic rings. The molecule has 0 aliphatic rings. The zero-order chi connectivity index (χ0) is 19.4. The van der Waals surface area contributed by atoms with E-state index in [2.05, 4.69) is 26.2 Å². The molecular formula is C20H17BrClFN2O2. The van der Waals surface area contributed by atoms with Crippen molar-refractivity contribution < 1.29 is 14.2 Å². The molecule has 0 unspecified atom stereocenters. The lowest BCUT2D eigenvalue weighted by Gasteiger charge is -2.13. The molecule has 1 aromatic heterocycles. The molecule has 140 valence electrons. The third kappa shape index (κ3) is 4.58. The Balaban J connectivity index is 2.16. The van der Waals surface area contributed by atoms with Crippen LogP contribution in [0.3, 0.4) is 0 Å². The molecule has 0 spiro atoms. The average Bonchev–Trinajstić information content (AvgIpc) is 2.64. The molecule has 0 aliphatic carbocycles. The van der Waals surface area contributed by atoms with Crippen molar-refractivity contribution in [2.75, 3.05) is 25.6 Å². The molecule has 7 heteroatoms. The molecule has 0 bridgehead atoms. The Morgan fingerprint density at radius 1 is 1.22 bits per heavy atom. The van der Waals surface area contributed by atoms with Crippen molar-refractivity contribution in [1.29, 1.82) is 0 Å². The third-order valence-corrected chi connectivity index (χ3v) is 4.73. The number of benzene rings is 2. The van der Waals surface area contributed by atoms with E-state index in [0.29, 0.717) is 40.8 Å². The fraction of sp³-hybridized carbons (Fsp3) is 0.150. The fourth-order valence-electron chi connectivity index (χ4n) is 2.67. The van der Waals surface area contributed by atoms with Crippen LogP contribution in [-0.2, 0) is 4.74 Å². The maximum atomic E-state index is 14.4. The third-order valence-electron chi connectivity index (χ3n) is 3.92. The van der Waals surface area contributed by atoms with E-state index < -0.39 is 5.82 Å². The Bertz CT molecular complexity index is 948. The number of halogens is 3. The van der Waals surface area contributed by atoms with Crippen molar-refractivity contribution in [2.45, 2.75) is 0 Å². The van der Waals surface area contributed by atoms with E-state index in [9.17, 15) is 9.50 Å². The molecule has 27 heavy (non-hydrogen) atoms. The first kappa shape index (κ1) is 19.6. The van der Waals surface area contributed by atoms with Gasteiger partial charge in [-0.05, 0) is 48.0 Å². The van der Waals surface area contributed by atoms with Gasteiger partial charge in [-0.1, -0.05) is 33.6 Å². The van der Waals surface area contributed by atoms with Crippen LogP contribution in [-0.4, -0.2) is 30.4 Å². The van der Waals surface area contributed by atoms with Gasteiger partial charge >= 0.3 is 0 Å². The van der Waals surface area contributed by atoms with Gasteiger partial charge in [-0.15, -0.1) is 0 Å². The number of pyridine rings is 1. The van der Waals surface area contributed by atoms with E-state index in [1.54, 1.807) is 49.6 Å². The summed E-state index contributed by atoms with van der Waals surface area (Å²) in [7, 11) is 1.61. The lowest BCUT2D eigenvalue weighted by atomic mass is 10.0. The maximum absolute atomic E-state index is 14.4. The summed E-state index contributed by atoms with van der Waals surface area (Å²) in [6.07, 6.45) is 0. The van der Waals surface area contributed by atoms with E-state index in [4.69, 9.17) is 16.3 Å². The minimum atomic E-state index is -0.430. The normalized spacial score (nSPS) is 10.8. The van der Waals surface area contributed by atoms with Crippen LogP contribution in [0.15, 0.2) is 53.0 Å². The van der Waals surface area contributed by atoms with Crippen LogP contribution in [0.25, 0.3) is 22.4 Å². The van der Waals surface area contributed by atoms with Crippen LogP contribution in [0.5, 0.6) is 5.75 Å². The van der Waals surface area contributed by atoms with Gasteiger partial charge in [0.2, 0.25) is 0 Å². The molecule has 0 atom stereocenters. The summed E-state index contributed by atoms with van der Waals surface area (Å²) in [5.74, 6) is 0.171. The number of aromatic nitrogens is 1. The van der Waals surface area contributed by atoms with Crippen molar-refractivity contribution in [1.82, 2.24) is 4.98 Å². The Hall–Kier alpha value is -2.15. The highest BCUT2D eigenvalue weighted by Gasteiger charge is 2.15. The first-order valence-electron chi connectivity index (χ1n) is 8.17.